The molecule has 0 saturated carbocycles. The van der Waals surface area contributed by atoms with Crippen LogP contribution in [-0.2, 0) is 0 Å². The van der Waals surface area contributed by atoms with Crippen LogP contribution in [0.1, 0.15) is 28.8 Å². The second kappa shape index (κ2) is 5.45. The zero-order valence-electron chi connectivity index (χ0n) is 10.0. The monoisotopic (exact) mass is 250 g/mol. The lowest BCUT2D eigenvalue weighted by Gasteiger charge is -2.12. The van der Waals surface area contributed by atoms with Crippen molar-refractivity contribution in [3.63, 3.8) is 0 Å². The molecule has 1 fully saturated rings. The van der Waals surface area contributed by atoms with Crippen molar-refractivity contribution < 1.29 is 4.79 Å². The number of carbonyl (C=O) groups is 1. The van der Waals surface area contributed by atoms with Crippen molar-refractivity contribution in [3.05, 3.63) is 29.3 Å². The van der Waals surface area contributed by atoms with Crippen molar-refractivity contribution in [2.24, 2.45) is 0 Å². The van der Waals surface area contributed by atoms with Gasteiger partial charge in [0, 0.05) is 17.5 Å². The number of benzene rings is 1. The van der Waals surface area contributed by atoms with Gasteiger partial charge >= 0.3 is 0 Å². The largest absolute Gasteiger partial charge is 0.398 e. The number of thioether (sulfide) groups is 1. The Morgan fingerprint density at radius 2 is 2.41 bits per heavy atom. The Morgan fingerprint density at radius 1 is 1.59 bits per heavy atom. The van der Waals surface area contributed by atoms with Crippen LogP contribution in [0.15, 0.2) is 18.2 Å². The number of carbonyl (C=O) groups excluding carboxylic acids is 1. The fourth-order valence-corrected chi connectivity index (χ4v) is 3.30. The number of rotatable bonds is 3. The molecule has 1 saturated heterocycles. The third-order valence-electron chi connectivity index (χ3n) is 3.05. The smallest absolute Gasteiger partial charge is 0.253 e. The molecule has 0 aromatic heterocycles. The molecule has 1 heterocycles. The van der Waals surface area contributed by atoms with E-state index in [-0.39, 0.29) is 5.91 Å². The maximum Gasteiger partial charge on any atom is 0.253 e. The maximum atomic E-state index is 12.0. The molecular formula is C13H18N2OS. The fourth-order valence-electron chi connectivity index (χ4n) is 2.10. The number of hydrogen-bond acceptors (Lipinski definition) is 3. The molecule has 1 aromatic carbocycles. The van der Waals surface area contributed by atoms with Crippen LogP contribution in [0.25, 0.3) is 0 Å². The highest BCUT2D eigenvalue weighted by Gasteiger charge is 2.18. The molecule has 0 bridgehead atoms. The molecule has 4 heteroatoms. The van der Waals surface area contributed by atoms with Gasteiger partial charge in [0.1, 0.15) is 0 Å². The topological polar surface area (TPSA) is 55.1 Å². The highest BCUT2D eigenvalue weighted by Crippen LogP contribution is 2.25. The van der Waals surface area contributed by atoms with Crippen molar-refractivity contribution in [2.45, 2.75) is 25.0 Å². The quantitative estimate of drug-likeness (QED) is 0.809. The van der Waals surface area contributed by atoms with Crippen LogP contribution in [0.2, 0.25) is 0 Å². The zero-order chi connectivity index (χ0) is 12.3. The predicted molar refractivity (Wildman–Crippen MR) is 73.4 cm³/mol. The number of nitrogens with two attached hydrogens (primary N) is 1. The molecule has 17 heavy (non-hydrogen) atoms. The highest BCUT2D eigenvalue weighted by atomic mass is 32.2. The van der Waals surface area contributed by atoms with Gasteiger partial charge in [-0.25, -0.2) is 0 Å². The van der Waals surface area contributed by atoms with E-state index >= 15 is 0 Å². The summed E-state index contributed by atoms with van der Waals surface area (Å²) in [5.74, 6) is 1.17. The highest BCUT2D eigenvalue weighted by molar-refractivity contribution is 8.00. The summed E-state index contributed by atoms with van der Waals surface area (Å²) in [4.78, 5) is 12.0. The molecule has 3 nitrogen and oxygen atoms in total. The van der Waals surface area contributed by atoms with Crippen LogP contribution in [0.5, 0.6) is 0 Å². The SMILES string of the molecule is Cc1cccc(N)c1C(=O)NCC1CCCS1. The van der Waals surface area contributed by atoms with E-state index in [4.69, 9.17) is 5.73 Å². The van der Waals surface area contributed by atoms with E-state index < -0.39 is 0 Å². The summed E-state index contributed by atoms with van der Waals surface area (Å²) in [6.07, 6.45) is 2.46. The number of anilines is 1. The normalized spacial score (nSPS) is 19.2. The van der Waals surface area contributed by atoms with Crippen LogP contribution in [0, 0.1) is 6.92 Å². The van der Waals surface area contributed by atoms with Gasteiger partial charge in [0.05, 0.1) is 5.56 Å². The van der Waals surface area contributed by atoms with Gasteiger partial charge in [-0.3, -0.25) is 4.79 Å². The first-order valence-corrected chi connectivity index (χ1v) is 6.98. The Kier molecular flexibility index (Phi) is 3.94. The lowest BCUT2D eigenvalue weighted by atomic mass is 10.1. The maximum absolute atomic E-state index is 12.0. The zero-order valence-corrected chi connectivity index (χ0v) is 10.8. The molecule has 0 spiro atoms. The van der Waals surface area contributed by atoms with E-state index in [0.29, 0.717) is 16.5 Å². The number of aryl methyl sites for hydroxylation is 1. The Bertz CT molecular complexity index is 394. The minimum atomic E-state index is -0.0481. The minimum absolute atomic E-state index is 0.0481. The van der Waals surface area contributed by atoms with Gasteiger partial charge < -0.3 is 11.1 Å². The third kappa shape index (κ3) is 2.94. The molecular weight excluding hydrogens is 232 g/mol. The van der Waals surface area contributed by atoms with Gasteiger partial charge in [-0.1, -0.05) is 12.1 Å². The average molecular weight is 250 g/mol. The molecule has 0 radical (unpaired) electrons. The van der Waals surface area contributed by atoms with Crippen LogP contribution < -0.4 is 11.1 Å². The third-order valence-corrected chi connectivity index (χ3v) is 4.44. The molecule has 92 valence electrons. The van der Waals surface area contributed by atoms with E-state index in [1.807, 2.05) is 30.8 Å². The molecule has 1 aromatic rings. The standard InChI is InChI=1S/C13H18N2OS/c1-9-4-2-6-11(14)12(9)13(16)15-8-10-5-3-7-17-10/h2,4,6,10H,3,5,7-8,14H2,1H3,(H,15,16). The van der Waals surface area contributed by atoms with E-state index in [1.165, 1.54) is 18.6 Å². The van der Waals surface area contributed by atoms with E-state index in [2.05, 4.69) is 5.32 Å². The van der Waals surface area contributed by atoms with Crippen molar-refractivity contribution in [1.29, 1.82) is 0 Å². The Labute approximate surface area is 106 Å². The molecule has 1 aliphatic heterocycles. The summed E-state index contributed by atoms with van der Waals surface area (Å²) in [6, 6.07) is 5.55. The molecule has 0 aliphatic carbocycles. The fraction of sp³-hybridized carbons (Fsp3) is 0.462. The van der Waals surface area contributed by atoms with Gasteiger partial charge in [0.2, 0.25) is 0 Å². The first-order chi connectivity index (χ1) is 8.18. The lowest BCUT2D eigenvalue weighted by molar-refractivity contribution is 0.0954. The Balaban J connectivity index is 1.99. The minimum Gasteiger partial charge on any atom is -0.398 e. The number of amides is 1. The lowest BCUT2D eigenvalue weighted by Crippen LogP contribution is -2.30. The summed E-state index contributed by atoms with van der Waals surface area (Å²) in [5, 5.41) is 3.56. The van der Waals surface area contributed by atoms with Crippen LogP contribution in [0.4, 0.5) is 5.69 Å². The van der Waals surface area contributed by atoms with Crippen LogP contribution in [0.3, 0.4) is 0 Å². The first kappa shape index (κ1) is 12.3. The molecule has 2 rings (SSSR count). The van der Waals surface area contributed by atoms with E-state index in [9.17, 15) is 4.79 Å². The summed E-state index contributed by atoms with van der Waals surface area (Å²) in [6.45, 7) is 2.66. The van der Waals surface area contributed by atoms with Gasteiger partial charge in [0.15, 0.2) is 0 Å². The van der Waals surface area contributed by atoms with Crippen LogP contribution >= 0.6 is 11.8 Å². The summed E-state index contributed by atoms with van der Waals surface area (Å²) >= 11 is 1.94. The summed E-state index contributed by atoms with van der Waals surface area (Å²) in [7, 11) is 0. The second-order valence-corrected chi connectivity index (χ2v) is 5.79. The second-order valence-electron chi connectivity index (χ2n) is 4.38. The van der Waals surface area contributed by atoms with Crippen molar-refractivity contribution >= 4 is 23.4 Å². The molecule has 3 N–H and O–H groups in total. The molecule has 1 atom stereocenters. The van der Waals surface area contributed by atoms with Crippen molar-refractivity contribution in [2.75, 3.05) is 18.0 Å². The van der Waals surface area contributed by atoms with Crippen molar-refractivity contribution in [3.8, 4) is 0 Å². The van der Waals surface area contributed by atoms with Gasteiger partial charge in [-0.15, -0.1) is 0 Å². The molecule has 1 amide bonds. The van der Waals surface area contributed by atoms with Gasteiger partial charge in [-0.05, 0) is 37.1 Å². The number of nitrogens with one attached hydrogen (secondary N) is 1. The number of nitrogen functional groups attached to an aromatic ring is 1. The summed E-state index contributed by atoms with van der Waals surface area (Å²) < 4.78 is 0. The van der Waals surface area contributed by atoms with E-state index in [1.54, 1.807) is 6.07 Å². The molecule has 1 unspecified atom stereocenters. The van der Waals surface area contributed by atoms with Crippen LogP contribution in [-0.4, -0.2) is 23.5 Å². The number of hydrogen-bond donors (Lipinski definition) is 2. The summed E-state index contributed by atoms with van der Waals surface area (Å²) in [5.41, 5.74) is 7.95. The van der Waals surface area contributed by atoms with Gasteiger partial charge in [-0.2, -0.15) is 11.8 Å². The molecule has 1 aliphatic rings. The van der Waals surface area contributed by atoms with Crippen molar-refractivity contribution in [1.82, 2.24) is 5.32 Å². The average Bonchev–Trinajstić information content (AvgIpc) is 2.79. The Hall–Kier alpha value is -1.16. The van der Waals surface area contributed by atoms with E-state index in [0.717, 1.165) is 12.1 Å². The van der Waals surface area contributed by atoms with Gasteiger partial charge in [0.25, 0.3) is 5.91 Å². The predicted octanol–water partition coefficient (Wildman–Crippen LogP) is 2.20. The Morgan fingerprint density at radius 3 is 3.06 bits per heavy atom. The first-order valence-electron chi connectivity index (χ1n) is 5.93.